The summed E-state index contributed by atoms with van der Waals surface area (Å²) in [6.45, 7) is 3.38. The highest BCUT2D eigenvalue weighted by Crippen LogP contribution is 2.39. The van der Waals surface area contributed by atoms with Crippen LogP contribution in [0.15, 0.2) is 79.1 Å². The van der Waals surface area contributed by atoms with Gasteiger partial charge in [0.25, 0.3) is 5.91 Å². The molecule has 0 aliphatic carbocycles. The van der Waals surface area contributed by atoms with E-state index in [0.717, 1.165) is 65.6 Å². The summed E-state index contributed by atoms with van der Waals surface area (Å²) in [7, 11) is 5.24. The minimum Gasteiger partial charge on any atom is -0.370 e. The van der Waals surface area contributed by atoms with Crippen LogP contribution in [-0.2, 0) is 29.6 Å². The highest BCUT2D eigenvalue weighted by molar-refractivity contribution is 6.10. The number of aryl methyl sites for hydroxylation is 2. The molecule has 0 radical (unpaired) electrons. The predicted molar refractivity (Wildman–Crippen MR) is 233 cm³/mol. The van der Waals surface area contributed by atoms with Gasteiger partial charge in [-0.15, -0.1) is 0 Å². The first-order valence-electron chi connectivity index (χ1n) is 20.9. The molecule has 3 aromatic heterocycles. The number of urea groups is 1. The number of nitrogens with one attached hydrogen (secondary N) is 2. The number of fused-ring (bicyclic) bond motifs is 2. The first kappa shape index (κ1) is 39.7. The number of anilines is 2. The molecule has 61 heavy (non-hydrogen) atoms. The molecule has 6 aromatic rings. The highest BCUT2D eigenvalue weighted by Gasteiger charge is 2.30. The van der Waals surface area contributed by atoms with Gasteiger partial charge in [-0.05, 0) is 84.2 Å². The van der Waals surface area contributed by atoms with Crippen molar-refractivity contribution in [2.75, 3.05) is 56.6 Å². The molecule has 14 nitrogen and oxygen atoms in total. The summed E-state index contributed by atoms with van der Waals surface area (Å²) < 4.78 is 20.2. The quantitative estimate of drug-likeness (QED) is 0.163. The zero-order chi connectivity index (χ0) is 42.4. The van der Waals surface area contributed by atoms with Gasteiger partial charge in [0, 0.05) is 102 Å². The number of benzene rings is 3. The number of hydrogen-bond donors (Lipinski definition) is 2. The monoisotopic (exact) mass is 824 g/mol. The van der Waals surface area contributed by atoms with Gasteiger partial charge < -0.3 is 19.7 Å². The third kappa shape index (κ3) is 7.75. The van der Waals surface area contributed by atoms with Crippen LogP contribution in [0.2, 0.25) is 0 Å². The van der Waals surface area contributed by atoms with Gasteiger partial charge >= 0.3 is 6.03 Å². The van der Waals surface area contributed by atoms with Crippen LogP contribution < -0.4 is 15.1 Å². The van der Waals surface area contributed by atoms with E-state index in [4.69, 9.17) is 5.10 Å². The average Bonchev–Trinajstić information content (AvgIpc) is 4.04. The van der Waals surface area contributed by atoms with Crippen molar-refractivity contribution < 1.29 is 23.6 Å². The van der Waals surface area contributed by atoms with Crippen molar-refractivity contribution in [3.8, 4) is 11.1 Å². The number of amides is 5. The maximum absolute atomic E-state index is 16.6. The molecule has 15 heteroatoms. The van der Waals surface area contributed by atoms with Crippen molar-refractivity contribution in [2.45, 2.75) is 45.1 Å². The summed E-state index contributed by atoms with van der Waals surface area (Å²) in [6.07, 6.45) is 9.62. The molecule has 0 saturated carbocycles. The fourth-order valence-electron chi connectivity index (χ4n) is 9.09. The Morgan fingerprint density at radius 3 is 2.49 bits per heavy atom. The van der Waals surface area contributed by atoms with Crippen molar-refractivity contribution in [1.82, 2.24) is 39.7 Å². The largest absolute Gasteiger partial charge is 0.370 e. The van der Waals surface area contributed by atoms with E-state index in [2.05, 4.69) is 50.6 Å². The Kier molecular flexibility index (Phi) is 10.6. The van der Waals surface area contributed by atoms with E-state index in [9.17, 15) is 19.2 Å². The Hall–Kier alpha value is -6.77. The first-order valence-corrected chi connectivity index (χ1v) is 20.9. The number of carbonyl (C=O) groups is 4. The molecule has 0 bridgehead atoms. The summed E-state index contributed by atoms with van der Waals surface area (Å²) in [5.41, 5.74) is 6.71. The van der Waals surface area contributed by atoms with E-state index in [-0.39, 0.29) is 29.7 Å². The summed E-state index contributed by atoms with van der Waals surface area (Å²) in [5.74, 6) is 0.0679. The maximum Gasteiger partial charge on any atom is 0.329 e. The lowest BCUT2D eigenvalue weighted by Crippen LogP contribution is -2.49. The van der Waals surface area contributed by atoms with Crippen molar-refractivity contribution >= 4 is 62.6 Å². The Morgan fingerprint density at radius 2 is 1.75 bits per heavy atom. The van der Waals surface area contributed by atoms with Gasteiger partial charge in [-0.25, -0.2) is 9.18 Å². The third-order valence-electron chi connectivity index (χ3n) is 12.3. The van der Waals surface area contributed by atoms with E-state index >= 15 is 4.39 Å². The number of hydrogen-bond acceptors (Lipinski definition) is 7. The Balaban J connectivity index is 0.920. The number of para-hydroxylation sites is 1. The number of imide groups is 1. The molecule has 3 aliphatic heterocycles. The van der Waals surface area contributed by atoms with Crippen molar-refractivity contribution in [3.05, 3.63) is 102 Å². The number of rotatable bonds is 10. The van der Waals surface area contributed by atoms with Gasteiger partial charge in [0.2, 0.25) is 11.8 Å². The Morgan fingerprint density at radius 1 is 0.951 bits per heavy atom. The molecule has 3 aromatic carbocycles. The molecule has 0 spiro atoms. The minimum absolute atomic E-state index is 0.00687. The second kappa shape index (κ2) is 16.4. The van der Waals surface area contributed by atoms with Gasteiger partial charge in [-0.1, -0.05) is 36.4 Å². The molecule has 3 aliphatic rings. The molecule has 2 N–H and O–H groups in total. The first-order chi connectivity index (χ1) is 29.5. The third-order valence-corrected chi connectivity index (χ3v) is 12.3. The molecule has 9 rings (SSSR count). The fourth-order valence-corrected chi connectivity index (χ4v) is 9.09. The summed E-state index contributed by atoms with van der Waals surface area (Å²) in [5, 5.41) is 12.8. The molecule has 0 unspecified atom stereocenters. The lowest BCUT2D eigenvalue weighted by Gasteiger charge is -2.34. The van der Waals surface area contributed by atoms with E-state index in [0.29, 0.717) is 67.4 Å². The SMILES string of the molecule is CN(C)C(=O)c1cc2c(-c3ccc(CC4CCN(c5cccc6c(N7CCC(=O)NC7=O)nn(C)c56)CC4)cc3)cc(C3=CCCN(C(=O)CCn4cccn4)C3)c(F)c2[nH]1. The van der Waals surface area contributed by atoms with Crippen molar-refractivity contribution in [2.24, 2.45) is 13.0 Å². The molecule has 314 valence electrons. The predicted octanol–water partition coefficient (Wildman–Crippen LogP) is 6.37. The van der Waals surface area contributed by atoms with Gasteiger partial charge in [0.05, 0.1) is 16.7 Å². The van der Waals surface area contributed by atoms with Crippen LogP contribution in [0.5, 0.6) is 0 Å². The number of aromatic amines is 1. The maximum atomic E-state index is 16.6. The van der Waals surface area contributed by atoms with Crippen LogP contribution in [-0.4, -0.2) is 105 Å². The number of aromatic nitrogens is 5. The van der Waals surface area contributed by atoms with Gasteiger partial charge in [0.1, 0.15) is 5.69 Å². The van der Waals surface area contributed by atoms with Gasteiger partial charge in [-0.2, -0.15) is 10.2 Å². The minimum atomic E-state index is -0.447. The molecule has 0 atom stereocenters. The average molecular weight is 825 g/mol. The standard InChI is InChI=1S/C46H49FN10O4/c1-52(2)45(60)37-27-36-34(26-35(41(47)42(36)49-37)32-7-5-19-55(28-32)40(59)17-23-56-20-6-18-48-56)31-12-10-29(11-13-31)25-30-14-21-54(22-15-30)38-9-4-8-33-43(38)53(3)51-44(33)57-24-16-39(58)50-46(57)61/h4,6-13,18,20,26-27,30,49H,5,14-17,19,21-25,28H2,1-3H3,(H,50,58,61). The van der Waals surface area contributed by atoms with E-state index < -0.39 is 11.8 Å². The van der Waals surface area contributed by atoms with Crippen LogP contribution in [0.25, 0.3) is 38.5 Å². The lowest BCUT2D eigenvalue weighted by molar-refractivity contribution is -0.131. The van der Waals surface area contributed by atoms with Crippen LogP contribution in [0, 0.1) is 11.7 Å². The van der Waals surface area contributed by atoms with Crippen LogP contribution in [0.3, 0.4) is 0 Å². The summed E-state index contributed by atoms with van der Waals surface area (Å²) >= 11 is 0. The zero-order valence-corrected chi connectivity index (χ0v) is 34.7. The van der Waals surface area contributed by atoms with E-state index in [1.165, 1.54) is 10.5 Å². The Labute approximate surface area is 352 Å². The second-order valence-corrected chi connectivity index (χ2v) is 16.5. The highest BCUT2D eigenvalue weighted by atomic mass is 19.1. The molecular formula is C46H49FN10O4. The Bertz CT molecular complexity index is 2690. The molecule has 5 amide bonds. The summed E-state index contributed by atoms with van der Waals surface area (Å²) in [4.78, 5) is 61.1. The van der Waals surface area contributed by atoms with Crippen molar-refractivity contribution in [1.29, 1.82) is 0 Å². The van der Waals surface area contributed by atoms with Crippen LogP contribution in [0.4, 0.5) is 20.7 Å². The van der Waals surface area contributed by atoms with E-state index in [1.807, 2.05) is 48.3 Å². The number of nitrogens with zero attached hydrogens (tertiary/aromatic N) is 8. The molecular weight excluding hydrogens is 776 g/mol. The molecule has 2 fully saturated rings. The lowest BCUT2D eigenvalue weighted by atomic mass is 9.88. The van der Waals surface area contributed by atoms with Gasteiger partial charge in [0.15, 0.2) is 11.6 Å². The number of piperidine rings is 1. The van der Waals surface area contributed by atoms with Crippen LogP contribution in [0.1, 0.15) is 53.7 Å². The topological polar surface area (TPSA) is 145 Å². The zero-order valence-electron chi connectivity index (χ0n) is 34.7. The number of carbonyl (C=O) groups excluding carboxylic acids is 4. The van der Waals surface area contributed by atoms with Crippen LogP contribution >= 0.6 is 0 Å². The molecule has 2 saturated heterocycles. The summed E-state index contributed by atoms with van der Waals surface area (Å²) in [6, 6.07) is 19.6. The van der Waals surface area contributed by atoms with Crippen molar-refractivity contribution in [3.63, 3.8) is 0 Å². The molecule has 6 heterocycles. The smallest absolute Gasteiger partial charge is 0.329 e. The normalized spacial score (nSPS) is 16.4. The number of H-pyrrole nitrogens is 1. The second-order valence-electron chi connectivity index (χ2n) is 16.5. The number of halogens is 1. The van der Waals surface area contributed by atoms with Gasteiger partial charge in [-0.3, -0.25) is 34.0 Å². The fraction of sp³-hybridized carbons (Fsp3) is 0.348. The van der Waals surface area contributed by atoms with E-state index in [1.54, 1.807) is 40.8 Å².